The lowest BCUT2D eigenvalue weighted by molar-refractivity contribution is -0.725. The van der Waals surface area contributed by atoms with Crippen LogP contribution in [0.15, 0.2) is 72.8 Å². The molecule has 0 aliphatic heterocycles. The van der Waals surface area contributed by atoms with Crippen molar-refractivity contribution < 1.29 is 9.42 Å². The number of aromatic nitrogens is 3. The van der Waals surface area contributed by atoms with Crippen molar-refractivity contribution in [1.82, 2.24) is 9.90 Å². The third kappa shape index (κ3) is 2.02. The quantitative estimate of drug-likeness (QED) is 0.357. The second kappa shape index (κ2) is 5.56. The van der Waals surface area contributed by atoms with Crippen LogP contribution in [0.2, 0.25) is 0 Å². The summed E-state index contributed by atoms with van der Waals surface area (Å²) in [5, 5.41) is 9.82. The van der Waals surface area contributed by atoms with Gasteiger partial charge >= 0.3 is 0 Å². The molecule has 4 aromatic carbocycles. The number of benzene rings is 4. The molecule has 0 amide bonds. The molecule has 5 rings (SSSR count). The summed E-state index contributed by atoms with van der Waals surface area (Å²) in [6.07, 6.45) is 0. The van der Waals surface area contributed by atoms with Gasteiger partial charge in [-0.2, -0.15) is 0 Å². The molecule has 1 heterocycles. The Morgan fingerprint density at radius 1 is 0.769 bits per heavy atom. The first-order valence-electron chi connectivity index (χ1n) is 8.61. The molecule has 0 fully saturated rings. The molecule has 0 spiro atoms. The van der Waals surface area contributed by atoms with E-state index < -0.39 is 0 Å². The van der Waals surface area contributed by atoms with E-state index in [2.05, 4.69) is 60.3 Å². The average Bonchev–Trinajstić information content (AvgIpc) is 3.06. The van der Waals surface area contributed by atoms with Crippen molar-refractivity contribution in [3.05, 3.63) is 72.8 Å². The number of nitrogens with zero attached hydrogens (tertiary/aromatic N) is 3. The van der Waals surface area contributed by atoms with Gasteiger partial charge in [0.05, 0.1) is 12.2 Å². The lowest BCUT2D eigenvalue weighted by atomic mass is 10.00. The minimum absolute atomic E-state index is 0.837. The largest absolute Gasteiger partial charge is 0.497 e. The summed E-state index contributed by atoms with van der Waals surface area (Å²) in [5.41, 5.74) is 3.14. The zero-order valence-corrected chi connectivity index (χ0v) is 14.7. The molecule has 4 heteroatoms. The van der Waals surface area contributed by atoms with Gasteiger partial charge in [-0.15, -0.1) is 4.68 Å². The van der Waals surface area contributed by atoms with Crippen molar-refractivity contribution in [2.45, 2.75) is 0 Å². The Balaban J connectivity index is 1.92. The second-order valence-electron chi connectivity index (χ2n) is 6.40. The summed E-state index contributed by atoms with van der Waals surface area (Å²) in [5.74, 6) is 0.837. The number of methoxy groups -OCH3 is 1. The standard InChI is InChI=1S/C22H18N3O/c1-24-22-20-10-6-4-8-18(20)17-7-3-5-9-19(17)21(22)23-25(24)15-11-13-16(26-2)14-12-15/h3-14H,1-2H3/q+1. The van der Waals surface area contributed by atoms with Crippen LogP contribution in [0.5, 0.6) is 5.75 Å². The van der Waals surface area contributed by atoms with Gasteiger partial charge in [0.2, 0.25) is 5.52 Å². The molecular formula is C22H18N3O+. The van der Waals surface area contributed by atoms with Gasteiger partial charge in [-0.3, -0.25) is 0 Å². The fourth-order valence-corrected chi connectivity index (χ4v) is 3.74. The highest BCUT2D eigenvalue weighted by molar-refractivity contribution is 6.22. The van der Waals surface area contributed by atoms with Crippen LogP contribution in [0.3, 0.4) is 0 Å². The molecule has 0 radical (unpaired) electrons. The van der Waals surface area contributed by atoms with Crippen LogP contribution in [-0.2, 0) is 7.05 Å². The lowest BCUT2D eigenvalue weighted by Crippen LogP contribution is -2.38. The van der Waals surface area contributed by atoms with E-state index in [1.807, 2.05) is 29.1 Å². The maximum atomic E-state index is 5.27. The molecule has 0 bridgehead atoms. The summed E-state index contributed by atoms with van der Waals surface area (Å²) >= 11 is 0. The molecule has 0 aliphatic carbocycles. The van der Waals surface area contributed by atoms with E-state index in [0.29, 0.717) is 0 Å². The van der Waals surface area contributed by atoms with E-state index in [4.69, 9.17) is 9.84 Å². The van der Waals surface area contributed by atoms with E-state index in [1.165, 1.54) is 21.5 Å². The fraction of sp³-hybridized carbons (Fsp3) is 0.0909. The van der Waals surface area contributed by atoms with Gasteiger partial charge in [-0.1, -0.05) is 36.4 Å². The van der Waals surface area contributed by atoms with Gasteiger partial charge in [-0.25, -0.2) is 0 Å². The zero-order valence-electron chi connectivity index (χ0n) is 14.7. The SMILES string of the molecule is COc1ccc(-n2nc3c4ccccc4c4ccccc4c3[n+]2C)cc1. The zero-order chi connectivity index (χ0) is 17.7. The van der Waals surface area contributed by atoms with E-state index in [0.717, 1.165) is 22.5 Å². The maximum absolute atomic E-state index is 5.27. The molecule has 0 aliphatic rings. The van der Waals surface area contributed by atoms with Crippen molar-refractivity contribution >= 4 is 32.6 Å². The Bertz CT molecular complexity index is 1270. The van der Waals surface area contributed by atoms with Crippen molar-refractivity contribution in [3.8, 4) is 11.4 Å². The summed E-state index contributed by atoms with van der Waals surface area (Å²) in [4.78, 5) is 1.95. The van der Waals surface area contributed by atoms with Gasteiger partial charge < -0.3 is 4.74 Å². The molecule has 126 valence electrons. The molecule has 1 aromatic heterocycles. The van der Waals surface area contributed by atoms with E-state index in [-0.39, 0.29) is 0 Å². The lowest BCUT2D eigenvalue weighted by Gasteiger charge is -2.03. The number of rotatable bonds is 2. The highest BCUT2D eigenvalue weighted by Crippen LogP contribution is 2.32. The second-order valence-corrected chi connectivity index (χ2v) is 6.40. The van der Waals surface area contributed by atoms with Crippen LogP contribution in [0.4, 0.5) is 0 Å². The van der Waals surface area contributed by atoms with Gasteiger partial charge in [-0.05, 0) is 52.0 Å². The molecule has 0 saturated carbocycles. The minimum Gasteiger partial charge on any atom is -0.497 e. The number of hydrogen-bond donors (Lipinski definition) is 0. The Hall–Kier alpha value is -3.40. The van der Waals surface area contributed by atoms with Crippen molar-refractivity contribution in [3.63, 3.8) is 0 Å². The van der Waals surface area contributed by atoms with Crippen LogP contribution in [0.1, 0.15) is 0 Å². The van der Waals surface area contributed by atoms with Gasteiger partial charge in [0, 0.05) is 10.8 Å². The predicted octanol–water partition coefficient (Wildman–Crippen LogP) is 4.17. The van der Waals surface area contributed by atoms with Crippen LogP contribution >= 0.6 is 0 Å². The predicted molar refractivity (Wildman–Crippen MR) is 104 cm³/mol. The average molecular weight is 340 g/mol. The van der Waals surface area contributed by atoms with Gasteiger partial charge in [0.15, 0.2) is 0 Å². The smallest absolute Gasteiger partial charge is 0.258 e. The Labute approximate surface area is 150 Å². The number of ether oxygens (including phenoxy) is 1. The third-order valence-corrected chi connectivity index (χ3v) is 4.98. The van der Waals surface area contributed by atoms with Crippen molar-refractivity contribution in [2.24, 2.45) is 7.05 Å². The van der Waals surface area contributed by atoms with Crippen LogP contribution in [0, 0.1) is 0 Å². The molecule has 26 heavy (non-hydrogen) atoms. The van der Waals surface area contributed by atoms with E-state index >= 15 is 0 Å². The molecule has 0 unspecified atom stereocenters. The Morgan fingerprint density at radius 2 is 1.35 bits per heavy atom. The van der Waals surface area contributed by atoms with Crippen molar-refractivity contribution in [2.75, 3.05) is 7.11 Å². The van der Waals surface area contributed by atoms with Crippen molar-refractivity contribution in [1.29, 1.82) is 0 Å². The highest BCUT2D eigenvalue weighted by atomic mass is 16.5. The molecule has 5 aromatic rings. The third-order valence-electron chi connectivity index (χ3n) is 4.98. The normalized spacial score (nSPS) is 11.5. The van der Waals surface area contributed by atoms with Crippen LogP contribution in [-0.4, -0.2) is 17.0 Å². The molecule has 4 nitrogen and oxygen atoms in total. The van der Waals surface area contributed by atoms with E-state index in [1.54, 1.807) is 7.11 Å². The molecule has 0 N–H and O–H groups in total. The number of aryl methyl sites for hydroxylation is 1. The topological polar surface area (TPSA) is 30.9 Å². The summed E-state index contributed by atoms with van der Waals surface area (Å²) in [6.45, 7) is 0. The molecular weight excluding hydrogens is 322 g/mol. The summed E-state index contributed by atoms with van der Waals surface area (Å²) in [6, 6.07) is 25.0. The van der Waals surface area contributed by atoms with E-state index in [9.17, 15) is 0 Å². The summed E-state index contributed by atoms with van der Waals surface area (Å²) < 4.78 is 7.39. The Kier molecular flexibility index (Phi) is 3.19. The van der Waals surface area contributed by atoms with Crippen LogP contribution in [0.25, 0.3) is 38.3 Å². The maximum Gasteiger partial charge on any atom is 0.258 e. The first-order valence-corrected chi connectivity index (χ1v) is 8.61. The highest BCUT2D eigenvalue weighted by Gasteiger charge is 2.23. The Morgan fingerprint density at radius 3 is 2.00 bits per heavy atom. The van der Waals surface area contributed by atoms with Gasteiger partial charge in [0.1, 0.15) is 18.5 Å². The first-order chi connectivity index (χ1) is 12.8. The van der Waals surface area contributed by atoms with Gasteiger partial charge in [0.25, 0.3) is 5.52 Å². The number of fused-ring (bicyclic) bond motifs is 6. The van der Waals surface area contributed by atoms with Crippen LogP contribution < -0.4 is 9.42 Å². The first kappa shape index (κ1) is 14.9. The monoisotopic (exact) mass is 340 g/mol. The summed E-state index contributed by atoms with van der Waals surface area (Å²) in [7, 11) is 3.73. The minimum atomic E-state index is 0.837. The molecule has 0 atom stereocenters. The fourth-order valence-electron chi connectivity index (χ4n) is 3.74. The number of hydrogen-bond acceptors (Lipinski definition) is 2. The molecule has 0 saturated heterocycles.